The van der Waals surface area contributed by atoms with Crippen LogP contribution >= 0.6 is 0 Å². The summed E-state index contributed by atoms with van der Waals surface area (Å²) in [5.74, 6) is 0.751. The van der Waals surface area contributed by atoms with E-state index in [2.05, 4.69) is 47.0 Å². The van der Waals surface area contributed by atoms with E-state index in [-0.39, 0.29) is 0 Å². The second kappa shape index (κ2) is 6.86. The van der Waals surface area contributed by atoms with E-state index in [1.807, 2.05) is 7.05 Å². The van der Waals surface area contributed by atoms with Crippen molar-refractivity contribution in [2.45, 2.75) is 45.6 Å². The number of likely N-dealkylation sites (tertiary alicyclic amines) is 1. The molecule has 1 aromatic heterocycles. The molecule has 0 amide bonds. The Morgan fingerprint density at radius 3 is 2.43 bits per heavy atom. The van der Waals surface area contributed by atoms with Gasteiger partial charge in [-0.05, 0) is 51.4 Å². The van der Waals surface area contributed by atoms with E-state index in [1.165, 1.54) is 0 Å². The Balaban J connectivity index is 2.33. The average Bonchev–Trinajstić information content (AvgIpc) is 2.53. The van der Waals surface area contributed by atoms with Crippen molar-refractivity contribution in [1.29, 1.82) is 5.26 Å². The molecule has 1 aromatic rings. The number of nitrogens with zero attached hydrogens (tertiary/aromatic N) is 5. The number of anilines is 1. The molecule has 1 aliphatic heterocycles. The highest BCUT2D eigenvalue weighted by molar-refractivity contribution is 5.58. The number of piperidine rings is 1. The molecule has 0 saturated carbocycles. The molecular formula is C16H25N5. The number of hydrogen-bond donors (Lipinski definition) is 0. The van der Waals surface area contributed by atoms with E-state index in [4.69, 9.17) is 0 Å². The van der Waals surface area contributed by atoms with Gasteiger partial charge in [-0.2, -0.15) is 10.4 Å². The molecule has 0 aromatic carbocycles. The molecule has 2 rings (SSSR count). The van der Waals surface area contributed by atoms with Gasteiger partial charge >= 0.3 is 0 Å². The maximum absolute atomic E-state index is 9.59. The molecule has 0 unspecified atom stereocenters. The van der Waals surface area contributed by atoms with Crippen molar-refractivity contribution in [1.82, 2.24) is 15.1 Å². The van der Waals surface area contributed by atoms with E-state index in [1.54, 1.807) is 0 Å². The molecule has 1 fully saturated rings. The Hall–Kier alpha value is -1.67. The monoisotopic (exact) mass is 287 g/mol. The molecular weight excluding hydrogens is 262 g/mol. The van der Waals surface area contributed by atoms with Gasteiger partial charge in [-0.1, -0.05) is 13.8 Å². The SMILES string of the molecule is CCc1nnc(N(C)C2CCN(C)CC2)c(C#N)c1CC. The maximum Gasteiger partial charge on any atom is 0.169 e. The fourth-order valence-electron chi connectivity index (χ4n) is 3.08. The van der Waals surface area contributed by atoms with Gasteiger partial charge < -0.3 is 9.80 Å². The fourth-order valence-corrected chi connectivity index (χ4v) is 3.08. The lowest BCUT2D eigenvalue weighted by Crippen LogP contribution is -2.42. The molecule has 5 heteroatoms. The summed E-state index contributed by atoms with van der Waals surface area (Å²) < 4.78 is 0. The number of nitriles is 1. The Morgan fingerprint density at radius 1 is 1.24 bits per heavy atom. The van der Waals surface area contributed by atoms with Crippen molar-refractivity contribution in [3.63, 3.8) is 0 Å². The van der Waals surface area contributed by atoms with E-state index >= 15 is 0 Å². The van der Waals surface area contributed by atoms with Crippen LogP contribution in [0.1, 0.15) is 43.5 Å². The lowest BCUT2D eigenvalue weighted by molar-refractivity contribution is 0.252. The van der Waals surface area contributed by atoms with Crippen molar-refractivity contribution >= 4 is 5.82 Å². The van der Waals surface area contributed by atoms with Crippen LogP contribution in [0.4, 0.5) is 5.82 Å². The number of aryl methyl sites for hydroxylation is 1. The van der Waals surface area contributed by atoms with Crippen molar-refractivity contribution < 1.29 is 0 Å². The summed E-state index contributed by atoms with van der Waals surface area (Å²) in [6, 6.07) is 2.81. The second-order valence-corrected chi connectivity index (χ2v) is 5.79. The molecule has 0 N–H and O–H groups in total. The quantitative estimate of drug-likeness (QED) is 0.848. The molecule has 0 radical (unpaired) electrons. The first kappa shape index (κ1) is 15.7. The zero-order valence-corrected chi connectivity index (χ0v) is 13.6. The van der Waals surface area contributed by atoms with Crippen LogP contribution in [0, 0.1) is 11.3 Å². The highest BCUT2D eigenvalue weighted by Gasteiger charge is 2.25. The zero-order valence-electron chi connectivity index (χ0n) is 13.6. The summed E-state index contributed by atoms with van der Waals surface area (Å²) in [5, 5.41) is 18.3. The van der Waals surface area contributed by atoms with Crippen LogP contribution in [0.2, 0.25) is 0 Å². The fraction of sp³-hybridized carbons (Fsp3) is 0.688. The minimum Gasteiger partial charge on any atom is -0.354 e. The largest absolute Gasteiger partial charge is 0.354 e. The van der Waals surface area contributed by atoms with Crippen molar-refractivity contribution in [2.75, 3.05) is 32.1 Å². The van der Waals surface area contributed by atoms with E-state index in [0.29, 0.717) is 11.6 Å². The van der Waals surface area contributed by atoms with Gasteiger partial charge in [-0.25, -0.2) is 0 Å². The number of rotatable bonds is 4. The van der Waals surface area contributed by atoms with Crippen molar-refractivity contribution in [3.05, 3.63) is 16.8 Å². The lowest BCUT2D eigenvalue weighted by atomic mass is 10.0. The highest BCUT2D eigenvalue weighted by atomic mass is 15.3. The standard InChI is InChI=1S/C16H25N5/c1-5-13-14(11-17)16(19-18-15(13)6-2)21(4)12-7-9-20(3)10-8-12/h12H,5-10H2,1-4H3. The van der Waals surface area contributed by atoms with Crippen molar-refractivity contribution in [3.8, 4) is 6.07 Å². The van der Waals surface area contributed by atoms with Gasteiger partial charge in [0.1, 0.15) is 11.6 Å². The predicted octanol–water partition coefficient (Wildman–Crippen LogP) is 2.00. The summed E-state index contributed by atoms with van der Waals surface area (Å²) in [4.78, 5) is 4.51. The predicted molar refractivity (Wildman–Crippen MR) is 84.4 cm³/mol. The van der Waals surface area contributed by atoms with E-state index in [0.717, 1.165) is 55.8 Å². The third-order valence-electron chi connectivity index (χ3n) is 4.51. The third kappa shape index (κ3) is 3.16. The maximum atomic E-state index is 9.59. The first-order valence-corrected chi connectivity index (χ1v) is 7.82. The van der Waals surface area contributed by atoms with Crippen LogP contribution in [0.5, 0.6) is 0 Å². The lowest BCUT2D eigenvalue weighted by Gasteiger charge is -2.36. The van der Waals surface area contributed by atoms with Gasteiger partial charge in [0.2, 0.25) is 0 Å². The molecule has 114 valence electrons. The molecule has 5 nitrogen and oxygen atoms in total. The summed E-state index contributed by atoms with van der Waals surface area (Å²) in [5.41, 5.74) is 2.73. The molecule has 21 heavy (non-hydrogen) atoms. The van der Waals surface area contributed by atoms with Gasteiger partial charge in [0, 0.05) is 13.1 Å². The summed E-state index contributed by atoms with van der Waals surface area (Å²) in [6.07, 6.45) is 3.87. The minimum absolute atomic E-state index is 0.444. The van der Waals surface area contributed by atoms with Crippen molar-refractivity contribution in [2.24, 2.45) is 0 Å². The molecule has 0 bridgehead atoms. The Labute approximate surface area is 127 Å². The topological polar surface area (TPSA) is 56.1 Å². The normalized spacial score (nSPS) is 16.7. The molecule has 0 atom stereocenters. The van der Waals surface area contributed by atoms with Crippen LogP contribution < -0.4 is 4.90 Å². The molecule has 2 heterocycles. The van der Waals surface area contributed by atoms with Crippen LogP contribution in [0.25, 0.3) is 0 Å². The van der Waals surface area contributed by atoms with E-state index in [9.17, 15) is 5.26 Å². The number of hydrogen-bond acceptors (Lipinski definition) is 5. The average molecular weight is 287 g/mol. The van der Waals surface area contributed by atoms with Crippen LogP contribution in [-0.4, -0.2) is 48.3 Å². The summed E-state index contributed by atoms with van der Waals surface area (Å²) in [7, 11) is 4.20. The molecule has 1 saturated heterocycles. The van der Waals surface area contributed by atoms with Gasteiger partial charge in [0.25, 0.3) is 0 Å². The van der Waals surface area contributed by atoms with Gasteiger partial charge in [0.05, 0.1) is 5.69 Å². The minimum atomic E-state index is 0.444. The van der Waals surface area contributed by atoms with Crippen LogP contribution in [0.3, 0.4) is 0 Å². The molecule has 0 spiro atoms. The second-order valence-electron chi connectivity index (χ2n) is 5.79. The van der Waals surface area contributed by atoms with Crippen LogP contribution in [0.15, 0.2) is 0 Å². The van der Waals surface area contributed by atoms with Gasteiger partial charge in [-0.15, -0.1) is 5.10 Å². The van der Waals surface area contributed by atoms with E-state index < -0.39 is 0 Å². The Bertz CT molecular complexity index is 526. The highest BCUT2D eigenvalue weighted by Crippen LogP contribution is 2.26. The first-order valence-electron chi connectivity index (χ1n) is 7.82. The first-order chi connectivity index (χ1) is 10.1. The molecule has 0 aliphatic carbocycles. The summed E-state index contributed by atoms with van der Waals surface area (Å²) >= 11 is 0. The zero-order chi connectivity index (χ0) is 15.4. The Morgan fingerprint density at radius 2 is 1.90 bits per heavy atom. The smallest absolute Gasteiger partial charge is 0.169 e. The Kier molecular flexibility index (Phi) is 5.13. The van der Waals surface area contributed by atoms with Crippen LogP contribution in [-0.2, 0) is 12.8 Å². The number of aromatic nitrogens is 2. The van der Waals surface area contributed by atoms with Gasteiger partial charge in [0.15, 0.2) is 5.82 Å². The summed E-state index contributed by atoms with van der Waals surface area (Å²) in [6.45, 7) is 6.33. The van der Waals surface area contributed by atoms with Gasteiger partial charge in [-0.3, -0.25) is 0 Å². The third-order valence-corrected chi connectivity index (χ3v) is 4.51. The molecule has 1 aliphatic rings.